The van der Waals surface area contributed by atoms with Gasteiger partial charge in [-0.05, 0) is 60.7 Å². The number of thiophene rings is 1. The summed E-state index contributed by atoms with van der Waals surface area (Å²) in [4.78, 5) is 2.28. The number of rotatable bonds is 3. The van der Waals surface area contributed by atoms with Crippen LogP contribution in [0.15, 0.2) is 114 Å². The van der Waals surface area contributed by atoms with Crippen LogP contribution >= 0.6 is 22.9 Å². The highest BCUT2D eigenvalue weighted by Gasteiger charge is 2.16. The number of fused-ring (bicyclic) bond motifs is 6. The average Bonchev–Trinajstić information content (AvgIpc) is 3.42. The van der Waals surface area contributed by atoms with E-state index in [0.29, 0.717) is 0 Å². The summed E-state index contributed by atoms with van der Waals surface area (Å²) in [6.07, 6.45) is 0. The molecule has 0 radical (unpaired) electrons. The SMILES string of the molecule is Clc1ccc2c(c1)sc1ccc(N(c3ccccc3)c3ccc4c(c3)oc3ccccc34)cc12. The molecule has 0 unspecified atom stereocenters. The van der Waals surface area contributed by atoms with Crippen LogP contribution in [0, 0.1) is 0 Å². The number of furan rings is 1. The summed E-state index contributed by atoms with van der Waals surface area (Å²) in [5.74, 6) is 0. The number of halogens is 1. The molecule has 0 aliphatic rings. The maximum atomic E-state index is 6.25. The average molecular weight is 476 g/mol. The largest absolute Gasteiger partial charge is 0.456 e. The van der Waals surface area contributed by atoms with Crippen LogP contribution in [0.5, 0.6) is 0 Å². The second kappa shape index (κ2) is 7.63. The molecule has 0 aliphatic carbocycles. The van der Waals surface area contributed by atoms with E-state index in [0.717, 1.165) is 44.0 Å². The molecule has 4 heteroatoms. The number of hydrogen-bond acceptors (Lipinski definition) is 3. The molecule has 7 rings (SSSR count). The number of para-hydroxylation sites is 2. The van der Waals surface area contributed by atoms with E-state index in [1.54, 1.807) is 11.3 Å². The van der Waals surface area contributed by atoms with E-state index in [-0.39, 0.29) is 0 Å². The fourth-order valence-electron chi connectivity index (χ4n) is 4.76. The van der Waals surface area contributed by atoms with Crippen molar-refractivity contribution in [1.82, 2.24) is 0 Å². The van der Waals surface area contributed by atoms with Crippen molar-refractivity contribution >= 4 is 82.1 Å². The molecule has 0 fully saturated rings. The monoisotopic (exact) mass is 475 g/mol. The van der Waals surface area contributed by atoms with Gasteiger partial charge in [-0.1, -0.05) is 54.1 Å². The molecule has 5 aromatic carbocycles. The Morgan fingerprint density at radius 3 is 2.18 bits per heavy atom. The quantitative estimate of drug-likeness (QED) is 0.252. The Balaban J connectivity index is 1.45. The fraction of sp³-hybridized carbons (Fsp3) is 0. The van der Waals surface area contributed by atoms with Crippen molar-refractivity contribution in [2.24, 2.45) is 0 Å². The van der Waals surface area contributed by atoms with Gasteiger partial charge in [-0.15, -0.1) is 11.3 Å². The molecule has 0 bridgehead atoms. The lowest BCUT2D eigenvalue weighted by atomic mass is 10.1. The first-order valence-corrected chi connectivity index (χ1v) is 12.3. The van der Waals surface area contributed by atoms with E-state index >= 15 is 0 Å². The van der Waals surface area contributed by atoms with E-state index in [4.69, 9.17) is 16.0 Å². The number of nitrogens with zero attached hydrogens (tertiary/aromatic N) is 1. The van der Waals surface area contributed by atoms with Crippen molar-refractivity contribution in [3.63, 3.8) is 0 Å². The predicted octanol–water partition coefficient (Wildman–Crippen LogP) is 10.1. The van der Waals surface area contributed by atoms with E-state index in [1.165, 1.54) is 20.2 Å². The van der Waals surface area contributed by atoms with E-state index in [2.05, 4.69) is 83.8 Å². The maximum Gasteiger partial charge on any atom is 0.137 e. The molecule has 0 saturated heterocycles. The summed E-state index contributed by atoms with van der Waals surface area (Å²) in [5.41, 5.74) is 5.05. The molecule has 0 aliphatic heterocycles. The fourth-order valence-corrected chi connectivity index (χ4v) is 6.12. The van der Waals surface area contributed by atoms with Gasteiger partial charge in [0.25, 0.3) is 0 Å². The maximum absolute atomic E-state index is 6.25. The van der Waals surface area contributed by atoms with Crippen LogP contribution in [0.3, 0.4) is 0 Å². The molecule has 0 saturated carbocycles. The molecule has 2 aromatic heterocycles. The first-order valence-electron chi connectivity index (χ1n) is 11.1. The molecule has 0 amide bonds. The van der Waals surface area contributed by atoms with Crippen LogP contribution in [0.2, 0.25) is 5.02 Å². The molecule has 0 spiro atoms. The van der Waals surface area contributed by atoms with Crippen molar-refractivity contribution in [2.75, 3.05) is 4.90 Å². The lowest BCUT2D eigenvalue weighted by Crippen LogP contribution is -2.09. The summed E-state index contributed by atoms with van der Waals surface area (Å²) in [6.45, 7) is 0. The van der Waals surface area contributed by atoms with Gasteiger partial charge in [-0.3, -0.25) is 0 Å². The van der Waals surface area contributed by atoms with Gasteiger partial charge in [0.15, 0.2) is 0 Å². The molecule has 2 heterocycles. The van der Waals surface area contributed by atoms with Gasteiger partial charge in [-0.25, -0.2) is 0 Å². The molecule has 162 valence electrons. The Kier molecular flexibility index (Phi) is 4.41. The van der Waals surface area contributed by atoms with Crippen molar-refractivity contribution in [2.45, 2.75) is 0 Å². The number of hydrogen-bond donors (Lipinski definition) is 0. The van der Waals surface area contributed by atoms with E-state index < -0.39 is 0 Å². The van der Waals surface area contributed by atoms with Crippen LogP contribution in [0.25, 0.3) is 42.1 Å². The highest BCUT2D eigenvalue weighted by molar-refractivity contribution is 7.25. The van der Waals surface area contributed by atoms with Gasteiger partial charge in [0.05, 0.1) is 0 Å². The van der Waals surface area contributed by atoms with Crippen molar-refractivity contribution in [1.29, 1.82) is 0 Å². The minimum Gasteiger partial charge on any atom is -0.456 e. The normalized spacial score (nSPS) is 11.7. The number of anilines is 3. The first-order chi connectivity index (χ1) is 16.7. The summed E-state index contributed by atoms with van der Waals surface area (Å²) in [5, 5.41) is 5.50. The molecule has 0 N–H and O–H groups in total. The zero-order chi connectivity index (χ0) is 22.6. The van der Waals surface area contributed by atoms with Gasteiger partial charge in [0, 0.05) is 59.1 Å². The number of benzene rings is 5. The Morgan fingerprint density at radius 2 is 1.26 bits per heavy atom. The van der Waals surface area contributed by atoms with Crippen LogP contribution in [0.1, 0.15) is 0 Å². The third-order valence-electron chi connectivity index (χ3n) is 6.31. The Labute approximate surface area is 205 Å². The van der Waals surface area contributed by atoms with Crippen LogP contribution < -0.4 is 4.90 Å². The lowest BCUT2D eigenvalue weighted by Gasteiger charge is -2.25. The second-order valence-electron chi connectivity index (χ2n) is 8.37. The molecule has 7 aromatic rings. The topological polar surface area (TPSA) is 16.4 Å². The minimum absolute atomic E-state index is 0.768. The molecular weight excluding hydrogens is 458 g/mol. The van der Waals surface area contributed by atoms with Gasteiger partial charge in [0.1, 0.15) is 11.2 Å². The van der Waals surface area contributed by atoms with Crippen molar-refractivity contribution in [3.8, 4) is 0 Å². The predicted molar refractivity (Wildman–Crippen MR) is 146 cm³/mol. The van der Waals surface area contributed by atoms with Gasteiger partial charge < -0.3 is 9.32 Å². The van der Waals surface area contributed by atoms with Crippen LogP contribution in [0.4, 0.5) is 17.1 Å². The third-order valence-corrected chi connectivity index (χ3v) is 7.68. The zero-order valence-corrected chi connectivity index (χ0v) is 19.6. The van der Waals surface area contributed by atoms with Crippen LogP contribution in [-0.2, 0) is 0 Å². The molecule has 0 atom stereocenters. The van der Waals surface area contributed by atoms with Crippen LogP contribution in [-0.4, -0.2) is 0 Å². The zero-order valence-electron chi connectivity index (χ0n) is 18.0. The summed E-state index contributed by atoms with van der Waals surface area (Å²) < 4.78 is 8.66. The smallest absolute Gasteiger partial charge is 0.137 e. The summed E-state index contributed by atoms with van der Waals surface area (Å²) in [7, 11) is 0. The summed E-state index contributed by atoms with van der Waals surface area (Å²) in [6, 6.07) is 37.9. The van der Waals surface area contributed by atoms with Crippen molar-refractivity contribution < 1.29 is 4.42 Å². The molecule has 34 heavy (non-hydrogen) atoms. The standard InChI is InChI=1S/C30H18ClNOS/c31-19-10-13-25-26-17-21(12-15-29(26)34-30(25)16-19)32(20-6-2-1-3-7-20)22-11-14-24-23-8-4-5-9-27(23)33-28(24)18-22/h1-18H. The molecule has 2 nitrogen and oxygen atoms in total. The third kappa shape index (κ3) is 3.09. The van der Waals surface area contributed by atoms with Gasteiger partial charge in [-0.2, -0.15) is 0 Å². The van der Waals surface area contributed by atoms with Gasteiger partial charge in [0.2, 0.25) is 0 Å². The highest BCUT2D eigenvalue weighted by Crippen LogP contribution is 2.42. The Morgan fingerprint density at radius 1 is 0.529 bits per heavy atom. The minimum atomic E-state index is 0.768. The Hall–Kier alpha value is -3.79. The second-order valence-corrected chi connectivity index (χ2v) is 9.89. The first kappa shape index (κ1) is 19.7. The Bertz CT molecular complexity index is 1830. The summed E-state index contributed by atoms with van der Waals surface area (Å²) >= 11 is 8.03. The highest BCUT2D eigenvalue weighted by atomic mass is 35.5. The van der Waals surface area contributed by atoms with Gasteiger partial charge >= 0.3 is 0 Å². The van der Waals surface area contributed by atoms with Crippen molar-refractivity contribution in [3.05, 3.63) is 114 Å². The van der Waals surface area contributed by atoms with E-state index in [9.17, 15) is 0 Å². The van der Waals surface area contributed by atoms with E-state index in [1.807, 2.05) is 30.3 Å². The lowest BCUT2D eigenvalue weighted by molar-refractivity contribution is 0.669. The molecular formula is C30H18ClNOS.